The average Bonchev–Trinajstić information content (AvgIpc) is 2.46. The predicted molar refractivity (Wildman–Crippen MR) is 84.9 cm³/mol. The summed E-state index contributed by atoms with van der Waals surface area (Å²) in [6.07, 6.45) is 4.21. The number of alkyl halides is 1. The van der Waals surface area contributed by atoms with Gasteiger partial charge >= 0.3 is 0 Å². The lowest BCUT2D eigenvalue weighted by Gasteiger charge is -2.09. The molecule has 0 bridgehead atoms. The summed E-state index contributed by atoms with van der Waals surface area (Å²) in [6.45, 7) is 2.83. The largest absolute Gasteiger partial charge is 0.508 e. The zero-order chi connectivity index (χ0) is 14.4. The molecule has 0 heterocycles. The maximum Gasteiger partial charge on any atom is 0.119 e. The van der Waals surface area contributed by atoms with Crippen molar-refractivity contribution in [3.8, 4) is 11.5 Å². The first kappa shape index (κ1) is 15.0. The smallest absolute Gasteiger partial charge is 0.119 e. The first-order chi connectivity index (χ1) is 9.69. The van der Waals surface area contributed by atoms with Crippen LogP contribution in [0.5, 0.6) is 11.5 Å². The molecule has 20 heavy (non-hydrogen) atoms. The van der Waals surface area contributed by atoms with Crippen molar-refractivity contribution in [2.24, 2.45) is 0 Å². The van der Waals surface area contributed by atoms with E-state index in [1.165, 1.54) is 0 Å². The van der Waals surface area contributed by atoms with E-state index in [-0.39, 0.29) is 5.75 Å². The highest BCUT2D eigenvalue weighted by atomic mass is 35.5. The number of hydrogen-bond donors (Lipinski definition) is 1. The first-order valence-electron chi connectivity index (χ1n) is 7.18. The lowest BCUT2D eigenvalue weighted by atomic mass is 10.1. The molecule has 1 N–H and O–H groups in total. The third-order valence-electron chi connectivity index (χ3n) is 3.42. The van der Waals surface area contributed by atoms with Crippen LogP contribution in [-0.4, -0.2) is 17.1 Å². The second-order valence-corrected chi connectivity index (χ2v) is 5.66. The number of aromatic hydroxyl groups is 1. The fraction of sp³-hybridized carbons (Fsp3) is 0.412. The van der Waals surface area contributed by atoms with E-state index >= 15 is 0 Å². The van der Waals surface area contributed by atoms with Crippen LogP contribution in [0.3, 0.4) is 0 Å². The molecule has 2 aromatic rings. The minimum Gasteiger partial charge on any atom is -0.508 e. The van der Waals surface area contributed by atoms with Gasteiger partial charge in [-0.3, -0.25) is 0 Å². The van der Waals surface area contributed by atoms with Crippen molar-refractivity contribution in [1.82, 2.24) is 0 Å². The Bertz CT molecular complexity index is 554. The number of ether oxygens (including phenoxy) is 1. The van der Waals surface area contributed by atoms with Crippen molar-refractivity contribution < 1.29 is 9.84 Å². The van der Waals surface area contributed by atoms with E-state index in [2.05, 4.69) is 6.92 Å². The summed E-state index contributed by atoms with van der Waals surface area (Å²) in [5.41, 5.74) is 0. The Morgan fingerprint density at radius 2 is 1.85 bits per heavy atom. The Hall–Kier alpha value is -1.41. The summed E-state index contributed by atoms with van der Waals surface area (Å²) in [5.74, 6) is 1.17. The third-order valence-corrected chi connectivity index (χ3v) is 3.95. The fourth-order valence-electron chi connectivity index (χ4n) is 2.16. The van der Waals surface area contributed by atoms with Crippen LogP contribution >= 0.6 is 11.6 Å². The summed E-state index contributed by atoms with van der Waals surface area (Å²) in [6, 6.07) is 11.3. The Labute approximate surface area is 125 Å². The number of halogens is 1. The van der Waals surface area contributed by atoms with Crippen LogP contribution in [0.25, 0.3) is 10.8 Å². The van der Waals surface area contributed by atoms with Gasteiger partial charge in [0.2, 0.25) is 0 Å². The highest BCUT2D eigenvalue weighted by molar-refractivity contribution is 6.20. The molecular weight excluding hydrogens is 272 g/mol. The van der Waals surface area contributed by atoms with Crippen LogP contribution in [0.15, 0.2) is 36.4 Å². The Balaban J connectivity index is 1.83. The molecule has 1 unspecified atom stereocenters. The van der Waals surface area contributed by atoms with Gasteiger partial charge in [-0.2, -0.15) is 0 Å². The van der Waals surface area contributed by atoms with E-state index in [9.17, 15) is 5.11 Å². The van der Waals surface area contributed by atoms with Crippen LogP contribution in [0.4, 0.5) is 0 Å². The van der Waals surface area contributed by atoms with Crippen molar-refractivity contribution in [2.75, 3.05) is 6.61 Å². The SMILES string of the molecule is CCC(Cl)CCCCOc1ccc2cc(O)ccc2c1. The third kappa shape index (κ3) is 4.31. The average molecular weight is 293 g/mol. The molecule has 0 fully saturated rings. The zero-order valence-electron chi connectivity index (χ0n) is 11.8. The molecule has 1 atom stereocenters. The van der Waals surface area contributed by atoms with Gasteiger partial charge in [0.25, 0.3) is 0 Å². The second kappa shape index (κ2) is 7.39. The van der Waals surface area contributed by atoms with Crippen LogP contribution in [0, 0.1) is 0 Å². The van der Waals surface area contributed by atoms with Crippen molar-refractivity contribution in [3.63, 3.8) is 0 Å². The van der Waals surface area contributed by atoms with Crippen LogP contribution in [-0.2, 0) is 0 Å². The molecule has 0 spiro atoms. The Morgan fingerprint density at radius 3 is 2.65 bits per heavy atom. The maximum absolute atomic E-state index is 9.42. The Morgan fingerprint density at radius 1 is 1.10 bits per heavy atom. The molecule has 108 valence electrons. The van der Waals surface area contributed by atoms with Crippen molar-refractivity contribution in [2.45, 2.75) is 38.0 Å². The van der Waals surface area contributed by atoms with Gasteiger partial charge in [-0.25, -0.2) is 0 Å². The molecule has 2 aromatic carbocycles. The standard InChI is InChI=1S/C17H21ClO2/c1-2-15(18)5-3-4-10-20-17-9-7-13-11-16(19)8-6-14(13)12-17/h6-9,11-12,15,19H,2-5,10H2,1H3. The van der Waals surface area contributed by atoms with Gasteiger partial charge in [-0.05, 0) is 60.7 Å². The molecular formula is C17H21ClO2. The van der Waals surface area contributed by atoms with E-state index in [4.69, 9.17) is 16.3 Å². The number of hydrogen-bond acceptors (Lipinski definition) is 2. The molecule has 0 aromatic heterocycles. The molecule has 2 rings (SSSR count). The first-order valence-corrected chi connectivity index (χ1v) is 7.62. The van der Waals surface area contributed by atoms with Gasteiger partial charge in [-0.1, -0.05) is 19.1 Å². The van der Waals surface area contributed by atoms with E-state index < -0.39 is 0 Å². The normalized spacial score (nSPS) is 12.5. The summed E-state index contributed by atoms with van der Waals surface area (Å²) in [7, 11) is 0. The summed E-state index contributed by atoms with van der Waals surface area (Å²) >= 11 is 6.08. The van der Waals surface area contributed by atoms with Gasteiger partial charge in [0.15, 0.2) is 0 Å². The van der Waals surface area contributed by atoms with Gasteiger partial charge in [0.1, 0.15) is 11.5 Å². The Kier molecular flexibility index (Phi) is 5.54. The number of benzene rings is 2. The predicted octanol–water partition coefficient (Wildman–Crippen LogP) is 5.11. The van der Waals surface area contributed by atoms with Crippen molar-refractivity contribution in [3.05, 3.63) is 36.4 Å². The number of fused-ring (bicyclic) bond motifs is 1. The molecule has 0 aliphatic rings. The minimum absolute atomic E-state index is 0.290. The van der Waals surface area contributed by atoms with Crippen molar-refractivity contribution in [1.29, 1.82) is 0 Å². The molecule has 0 amide bonds. The lowest BCUT2D eigenvalue weighted by molar-refractivity contribution is 0.305. The highest BCUT2D eigenvalue weighted by Crippen LogP contribution is 2.24. The van der Waals surface area contributed by atoms with Crippen molar-refractivity contribution >= 4 is 22.4 Å². The second-order valence-electron chi connectivity index (χ2n) is 5.04. The van der Waals surface area contributed by atoms with E-state index in [1.54, 1.807) is 12.1 Å². The monoisotopic (exact) mass is 292 g/mol. The minimum atomic E-state index is 0.290. The van der Waals surface area contributed by atoms with Crippen LogP contribution in [0.1, 0.15) is 32.6 Å². The van der Waals surface area contributed by atoms with Gasteiger partial charge in [0.05, 0.1) is 6.61 Å². The molecule has 0 saturated carbocycles. The highest BCUT2D eigenvalue weighted by Gasteiger charge is 2.02. The quantitative estimate of drug-likeness (QED) is 0.567. The number of phenolic OH excluding ortho intramolecular Hbond substituents is 1. The number of rotatable bonds is 7. The molecule has 0 saturated heterocycles. The molecule has 0 aliphatic carbocycles. The fourth-order valence-corrected chi connectivity index (χ4v) is 2.32. The zero-order valence-corrected chi connectivity index (χ0v) is 12.6. The van der Waals surface area contributed by atoms with Gasteiger partial charge in [0, 0.05) is 5.38 Å². The summed E-state index contributed by atoms with van der Waals surface area (Å²) in [5, 5.41) is 11.8. The molecule has 2 nitrogen and oxygen atoms in total. The molecule has 0 radical (unpaired) electrons. The van der Waals surface area contributed by atoms with E-state index in [0.29, 0.717) is 5.38 Å². The number of phenols is 1. The van der Waals surface area contributed by atoms with Gasteiger partial charge in [-0.15, -0.1) is 11.6 Å². The topological polar surface area (TPSA) is 29.5 Å². The van der Waals surface area contributed by atoms with Gasteiger partial charge < -0.3 is 9.84 Å². The summed E-state index contributed by atoms with van der Waals surface area (Å²) < 4.78 is 5.75. The van der Waals surface area contributed by atoms with E-state index in [0.717, 1.165) is 48.8 Å². The maximum atomic E-state index is 9.42. The molecule has 3 heteroatoms. The summed E-state index contributed by atoms with van der Waals surface area (Å²) in [4.78, 5) is 0. The number of unbranched alkanes of at least 4 members (excludes halogenated alkanes) is 1. The van der Waals surface area contributed by atoms with Crippen LogP contribution < -0.4 is 4.74 Å². The lowest BCUT2D eigenvalue weighted by Crippen LogP contribution is -2.00. The van der Waals surface area contributed by atoms with Crippen LogP contribution in [0.2, 0.25) is 0 Å². The molecule has 0 aliphatic heterocycles. The van der Waals surface area contributed by atoms with E-state index in [1.807, 2.05) is 24.3 Å².